The van der Waals surface area contributed by atoms with E-state index in [4.69, 9.17) is 18.5 Å². The first-order chi connectivity index (χ1) is 28.1. The average Bonchev–Trinajstić information content (AvgIpc) is 3.74. The summed E-state index contributed by atoms with van der Waals surface area (Å²) < 4.78 is 22.7. The number of nitrogens with zero attached hydrogens (tertiary/aromatic N) is 1. The van der Waals surface area contributed by atoms with Gasteiger partial charge < -0.3 is 0 Å². The molecule has 1 heterocycles. The fourth-order valence-electron chi connectivity index (χ4n) is 6.95. The van der Waals surface area contributed by atoms with Gasteiger partial charge in [0.1, 0.15) is 0 Å². The monoisotopic (exact) mass is 805 g/mol. The van der Waals surface area contributed by atoms with E-state index in [-0.39, 0.29) is 37.5 Å². The molecule has 13 heteroatoms. The molecule has 0 aromatic heterocycles. The number of likely N-dealkylation sites (tertiary alicyclic amines) is 1. The van der Waals surface area contributed by atoms with E-state index < -0.39 is 49.2 Å². The second-order valence-electron chi connectivity index (χ2n) is 13.8. The zero-order chi connectivity index (χ0) is 40.8. The summed E-state index contributed by atoms with van der Waals surface area (Å²) in [6.07, 6.45) is 2.58. The molecule has 5 aromatic rings. The van der Waals surface area contributed by atoms with Crippen molar-refractivity contribution in [2.24, 2.45) is 0 Å². The normalized spacial score (nSPS) is 15.8. The van der Waals surface area contributed by atoms with Gasteiger partial charge in [0, 0.05) is 0 Å². The van der Waals surface area contributed by atoms with Gasteiger partial charge in [-0.2, -0.15) is 0 Å². The molecule has 6 rings (SSSR count). The van der Waals surface area contributed by atoms with Gasteiger partial charge in [-0.3, -0.25) is 0 Å². The summed E-state index contributed by atoms with van der Waals surface area (Å²) in [5.74, 6) is -3.25. The number of carbonyl (C=O) groups excluding carboxylic acids is 3. The first kappa shape index (κ1) is 41.4. The molecule has 0 unspecified atom stereocenters. The summed E-state index contributed by atoms with van der Waals surface area (Å²) >= 11 is 0. The van der Waals surface area contributed by atoms with Gasteiger partial charge in [-0.25, -0.2) is 0 Å². The van der Waals surface area contributed by atoms with Crippen molar-refractivity contribution in [3.8, 4) is 11.5 Å². The Morgan fingerprint density at radius 2 is 1.24 bits per heavy atom. The molecule has 58 heavy (non-hydrogen) atoms. The van der Waals surface area contributed by atoms with Crippen molar-refractivity contribution in [2.75, 3.05) is 13.7 Å². The molecule has 1 aliphatic rings. The molecule has 3 atom stereocenters. The van der Waals surface area contributed by atoms with Gasteiger partial charge >= 0.3 is 309 Å². The molecular weight excluding hydrogens is 757 g/mol. The van der Waals surface area contributed by atoms with E-state index in [0.29, 0.717) is 6.42 Å². The van der Waals surface area contributed by atoms with E-state index in [0.717, 1.165) is 16.7 Å². The van der Waals surface area contributed by atoms with Crippen LogP contribution in [0.3, 0.4) is 0 Å². The van der Waals surface area contributed by atoms with E-state index in [1.807, 2.05) is 91.0 Å². The first-order valence-corrected chi connectivity index (χ1v) is 21.1. The molecular formula is C45H48N3O9P. The number of hydrogen-bond donors (Lipinski definition) is 4. The van der Waals surface area contributed by atoms with Crippen molar-refractivity contribution in [3.63, 3.8) is 0 Å². The molecule has 3 amide bonds. The molecule has 1 saturated heterocycles. The second kappa shape index (κ2) is 19.3. The third kappa shape index (κ3) is 10.6. The van der Waals surface area contributed by atoms with Gasteiger partial charge in [0.25, 0.3) is 0 Å². The van der Waals surface area contributed by atoms with Crippen LogP contribution >= 0.6 is 7.51 Å². The average molecular weight is 806 g/mol. The van der Waals surface area contributed by atoms with Gasteiger partial charge in [-0.1, -0.05) is 30.3 Å². The van der Waals surface area contributed by atoms with Crippen molar-refractivity contribution in [1.82, 2.24) is 15.5 Å². The molecule has 302 valence electrons. The number of methoxy groups -OCH3 is 1. The third-order valence-corrected chi connectivity index (χ3v) is 12.2. The van der Waals surface area contributed by atoms with Crippen LogP contribution in [0.2, 0.25) is 0 Å². The Morgan fingerprint density at radius 1 is 0.741 bits per heavy atom. The van der Waals surface area contributed by atoms with E-state index in [1.165, 1.54) is 48.6 Å². The van der Waals surface area contributed by atoms with Crippen LogP contribution in [-0.2, 0) is 25.7 Å². The Kier molecular flexibility index (Phi) is 13.8. The van der Waals surface area contributed by atoms with Crippen molar-refractivity contribution >= 4 is 25.4 Å². The fraction of sp³-hybridized carbons (Fsp3) is 0.222. The summed E-state index contributed by atoms with van der Waals surface area (Å²) in [4.78, 5) is 69.3. The minimum atomic E-state index is -5.89. The third-order valence-electron chi connectivity index (χ3n) is 9.72. The SMILES string of the molecule is CO/C=C/C[C@@H](NC(=O)[C@@H]1CCCN1C(=O)[C@H](NC(=O)OCc1ccccc1)C(c1ccccc1)c1ccccc1)P(O)(O)(Oc1ccccc1)Oc1ccccc1. The number of amides is 3. The molecule has 0 saturated carbocycles. The molecule has 1 fully saturated rings. The Morgan fingerprint density at radius 3 is 1.76 bits per heavy atom. The number of alkyl carbamates (subject to hydrolysis) is 1. The van der Waals surface area contributed by atoms with Gasteiger partial charge in [0.05, 0.1) is 0 Å². The van der Waals surface area contributed by atoms with Gasteiger partial charge in [-0.05, 0) is 0 Å². The number of hydrogen-bond acceptors (Lipinski definition) is 9. The quantitative estimate of drug-likeness (QED) is 0.0554. The van der Waals surface area contributed by atoms with Gasteiger partial charge in [-0.15, -0.1) is 0 Å². The topological polar surface area (TPSA) is 156 Å². The van der Waals surface area contributed by atoms with Crippen LogP contribution in [0.15, 0.2) is 164 Å². The summed E-state index contributed by atoms with van der Waals surface area (Å²) in [7, 11) is -4.46. The van der Waals surface area contributed by atoms with Crippen molar-refractivity contribution < 1.29 is 42.7 Å². The summed E-state index contributed by atoms with van der Waals surface area (Å²) in [5.41, 5.74) is 2.29. The van der Waals surface area contributed by atoms with Crippen LogP contribution in [0.25, 0.3) is 0 Å². The minimum absolute atomic E-state index is 0.0208. The number of carbonyl (C=O) groups is 3. The van der Waals surface area contributed by atoms with E-state index in [2.05, 4.69) is 10.6 Å². The molecule has 0 bridgehead atoms. The molecule has 12 nitrogen and oxygen atoms in total. The number of ether oxygens (including phenoxy) is 2. The van der Waals surface area contributed by atoms with Crippen LogP contribution in [0, 0.1) is 0 Å². The van der Waals surface area contributed by atoms with Gasteiger partial charge in [0.2, 0.25) is 0 Å². The van der Waals surface area contributed by atoms with Crippen molar-refractivity contribution in [2.45, 2.75) is 49.7 Å². The number of rotatable bonds is 17. The molecule has 0 aliphatic carbocycles. The maximum absolute atomic E-state index is 15.0. The van der Waals surface area contributed by atoms with Crippen LogP contribution < -0.4 is 19.7 Å². The molecule has 4 N–H and O–H groups in total. The van der Waals surface area contributed by atoms with Crippen molar-refractivity contribution in [1.29, 1.82) is 0 Å². The summed E-state index contributed by atoms with van der Waals surface area (Å²) in [6.45, 7) is 0.175. The standard InChI is InChI=1S/C45H48N3O9P/c1-54-32-18-30-40(58(52,53,56-37-25-13-5-14-26-37)57-38-27-15-6-16-28-38)46-43(49)39-29-17-31-48(39)44(50)42(47-45(51)55-33-34-19-7-2-8-20-34)41(35-21-9-3-10-22-35)36-23-11-4-12-24-36/h2-16,18-28,32,39-42,52-53H,17,29-31,33H2,1H3,(H,46,49)(H,47,51)/b32-18+/t39-,40-,42+/m0/s1. The molecule has 5 aromatic carbocycles. The molecule has 0 radical (unpaired) electrons. The number of benzene rings is 5. The van der Waals surface area contributed by atoms with Crippen LogP contribution in [0.4, 0.5) is 4.79 Å². The predicted octanol–water partition coefficient (Wildman–Crippen LogP) is 7.45. The molecule has 0 spiro atoms. The van der Waals surface area contributed by atoms with Crippen molar-refractivity contribution in [3.05, 3.63) is 181 Å². The Hall–Kier alpha value is -6.20. The van der Waals surface area contributed by atoms with Gasteiger partial charge in [0.15, 0.2) is 0 Å². The first-order valence-electron chi connectivity index (χ1n) is 19.0. The second-order valence-corrected chi connectivity index (χ2v) is 16.6. The zero-order valence-corrected chi connectivity index (χ0v) is 33.0. The van der Waals surface area contributed by atoms with E-state index in [9.17, 15) is 19.4 Å². The Bertz CT molecular complexity index is 2030. The summed E-state index contributed by atoms with van der Waals surface area (Å²) in [5, 5.41) is 5.65. The maximum atomic E-state index is 15.0. The number of para-hydroxylation sites is 2. The fourth-order valence-corrected chi connectivity index (χ4v) is 9.11. The van der Waals surface area contributed by atoms with E-state index >= 15 is 4.79 Å². The number of nitrogens with one attached hydrogen (secondary N) is 2. The van der Waals surface area contributed by atoms with E-state index in [1.54, 1.807) is 36.4 Å². The summed E-state index contributed by atoms with van der Waals surface area (Å²) in [6, 6.07) is 41.9. The van der Waals surface area contributed by atoms with Crippen LogP contribution in [0.1, 0.15) is 41.9 Å². The van der Waals surface area contributed by atoms with Crippen LogP contribution in [-0.4, -0.2) is 64.1 Å². The Labute approximate surface area is 338 Å². The predicted molar refractivity (Wildman–Crippen MR) is 221 cm³/mol. The zero-order valence-electron chi connectivity index (χ0n) is 32.1. The molecule has 1 aliphatic heterocycles. The Balaban J connectivity index is 1.33. The van der Waals surface area contributed by atoms with Crippen LogP contribution in [0.5, 0.6) is 11.5 Å².